The molecule has 2 aromatic carbocycles. The minimum atomic E-state index is -0.859. The third-order valence-electron chi connectivity index (χ3n) is 3.87. The van der Waals surface area contributed by atoms with Crippen LogP contribution in [0, 0.1) is 11.3 Å². The highest BCUT2D eigenvalue weighted by Gasteiger charge is 2.40. The molecule has 3 rings (SSSR count). The molecule has 0 radical (unpaired) electrons. The summed E-state index contributed by atoms with van der Waals surface area (Å²) in [4.78, 5) is 26.1. The van der Waals surface area contributed by atoms with Crippen molar-refractivity contribution in [2.45, 2.75) is 11.7 Å². The summed E-state index contributed by atoms with van der Waals surface area (Å²) in [6.07, 6.45) is 0.482. The highest BCUT2D eigenvalue weighted by Crippen LogP contribution is 2.41. The molecule has 0 unspecified atom stereocenters. The van der Waals surface area contributed by atoms with Gasteiger partial charge in [0.15, 0.2) is 0 Å². The van der Waals surface area contributed by atoms with Crippen LogP contribution in [-0.4, -0.2) is 17.1 Å². The highest BCUT2D eigenvalue weighted by atomic mass is 35.5. The number of nitrogens with zero attached hydrogens (tertiary/aromatic N) is 2. The van der Waals surface area contributed by atoms with Crippen molar-refractivity contribution < 1.29 is 9.59 Å². The molecule has 2 aromatic rings. The molecule has 0 spiro atoms. The van der Waals surface area contributed by atoms with Gasteiger partial charge >= 0.3 is 0 Å². The number of benzene rings is 2. The van der Waals surface area contributed by atoms with Gasteiger partial charge in [0.25, 0.3) is 5.91 Å². The lowest BCUT2D eigenvalue weighted by molar-refractivity contribution is -0.117. The molecular formula is C19H14ClN3O2S. The zero-order valence-corrected chi connectivity index (χ0v) is 15.1. The number of carbonyl (C=O) groups is 2. The first-order valence-electron chi connectivity index (χ1n) is 7.75. The average Bonchev–Trinajstić information content (AvgIpc) is 2.93. The molecule has 0 aliphatic carbocycles. The fraction of sp³-hybridized carbons (Fsp3) is 0.105. The number of anilines is 1. The van der Waals surface area contributed by atoms with E-state index in [4.69, 9.17) is 17.3 Å². The van der Waals surface area contributed by atoms with Gasteiger partial charge in [-0.05, 0) is 36.2 Å². The minimum Gasteiger partial charge on any atom is -0.365 e. The van der Waals surface area contributed by atoms with Crippen LogP contribution in [0.2, 0.25) is 5.02 Å². The Bertz CT molecular complexity index is 920. The topological polar surface area (TPSA) is 87.2 Å². The summed E-state index contributed by atoms with van der Waals surface area (Å²) in [5, 5.41) is 9.67. The van der Waals surface area contributed by atoms with E-state index in [-0.39, 0.29) is 16.5 Å². The first-order valence-corrected chi connectivity index (χ1v) is 9.01. The third kappa shape index (κ3) is 3.59. The molecular weight excluding hydrogens is 370 g/mol. The van der Waals surface area contributed by atoms with Crippen LogP contribution in [-0.2, 0) is 16.0 Å². The van der Waals surface area contributed by atoms with Gasteiger partial charge in [-0.25, -0.2) is 0 Å². The maximum absolute atomic E-state index is 13.0. The zero-order chi connectivity index (χ0) is 18.7. The Hall–Kier alpha value is -2.75. The average molecular weight is 384 g/mol. The van der Waals surface area contributed by atoms with Gasteiger partial charge in [-0.15, -0.1) is 0 Å². The van der Waals surface area contributed by atoms with Crippen LogP contribution < -0.4 is 10.6 Å². The van der Waals surface area contributed by atoms with E-state index in [1.165, 1.54) is 16.7 Å². The molecule has 1 heterocycles. The van der Waals surface area contributed by atoms with Crippen molar-refractivity contribution in [1.29, 1.82) is 5.26 Å². The van der Waals surface area contributed by atoms with Crippen molar-refractivity contribution in [3.8, 4) is 6.07 Å². The van der Waals surface area contributed by atoms with Gasteiger partial charge in [-0.2, -0.15) is 5.26 Å². The molecule has 0 aromatic heterocycles. The number of thioether (sulfide) groups is 1. The monoisotopic (exact) mass is 383 g/mol. The first-order chi connectivity index (χ1) is 12.5. The van der Waals surface area contributed by atoms with E-state index in [0.29, 0.717) is 17.1 Å². The summed E-state index contributed by atoms with van der Waals surface area (Å²) < 4.78 is 0. The molecule has 0 bridgehead atoms. The third-order valence-corrected chi connectivity index (χ3v) is 5.39. The number of hydrogen-bond donors (Lipinski definition) is 1. The molecule has 130 valence electrons. The molecule has 2 amide bonds. The summed E-state index contributed by atoms with van der Waals surface area (Å²) in [6.45, 7) is 0. The molecule has 1 fully saturated rings. The Morgan fingerprint density at radius 1 is 1.19 bits per heavy atom. The summed E-state index contributed by atoms with van der Waals surface area (Å²) >= 11 is 7.10. The van der Waals surface area contributed by atoms with E-state index in [0.717, 1.165) is 5.56 Å². The summed E-state index contributed by atoms with van der Waals surface area (Å²) in [6, 6.07) is 18.0. The second kappa shape index (κ2) is 7.65. The molecule has 1 aliphatic rings. The predicted octanol–water partition coefficient (Wildman–Crippen LogP) is 3.25. The van der Waals surface area contributed by atoms with Gasteiger partial charge in [-0.1, -0.05) is 53.7 Å². The second-order valence-electron chi connectivity index (χ2n) is 5.60. The largest absolute Gasteiger partial charge is 0.365 e. The molecule has 26 heavy (non-hydrogen) atoms. The number of halogens is 1. The Balaban J connectivity index is 2.03. The number of hydrogen-bond acceptors (Lipinski definition) is 4. The van der Waals surface area contributed by atoms with Crippen LogP contribution in [0.15, 0.2) is 65.2 Å². The molecule has 0 saturated carbocycles. The summed E-state index contributed by atoms with van der Waals surface area (Å²) in [7, 11) is 0. The molecule has 2 N–H and O–H groups in total. The van der Waals surface area contributed by atoms with Crippen molar-refractivity contribution in [2.24, 2.45) is 5.73 Å². The maximum atomic E-state index is 13.0. The first kappa shape index (κ1) is 18.1. The van der Waals surface area contributed by atoms with Crippen LogP contribution >= 0.6 is 23.4 Å². The summed E-state index contributed by atoms with van der Waals surface area (Å²) in [5.41, 5.74) is 6.64. The van der Waals surface area contributed by atoms with Crippen molar-refractivity contribution in [2.75, 3.05) is 4.90 Å². The molecule has 1 atom stereocenters. The quantitative estimate of drug-likeness (QED) is 0.648. The normalized spacial score (nSPS) is 18.5. The fourth-order valence-corrected chi connectivity index (χ4v) is 4.10. The SMILES string of the molecule is N#C/C(C(N)=O)=C1\S[C@@H](Cc2ccccc2)C(=O)N1c1ccc(Cl)cc1. The van der Waals surface area contributed by atoms with Crippen molar-refractivity contribution in [1.82, 2.24) is 0 Å². The number of nitriles is 1. The zero-order valence-electron chi connectivity index (χ0n) is 13.6. The number of amides is 2. The van der Waals surface area contributed by atoms with Crippen LogP contribution in [0.1, 0.15) is 5.56 Å². The van der Waals surface area contributed by atoms with Gasteiger partial charge < -0.3 is 5.73 Å². The number of nitrogens with two attached hydrogens (primary N) is 1. The standard InChI is InChI=1S/C19H14ClN3O2S/c20-13-6-8-14(9-7-13)23-18(25)16(10-12-4-2-1-3-5-12)26-19(23)15(11-21)17(22)24/h1-9,16H,10H2,(H2,22,24)/b19-15+/t16-/m0/s1. The van der Waals surface area contributed by atoms with E-state index in [1.54, 1.807) is 24.3 Å². The van der Waals surface area contributed by atoms with E-state index in [1.807, 2.05) is 36.4 Å². The second-order valence-corrected chi connectivity index (χ2v) is 7.23. The molecule has 5 nitrogen and oxygen atoms in total. The Kier molecular flexibility index (Phi) is 5.31. The van der Waals surface area contributed by atoms with Crippen molar-refractivity contribution in [3.63, 3.8) is 0 Å². The number of carbonyl (C=O) groups excluding carboxylic acids is 2. The Morgan fingerprint density at radius 2 is 1.85 bits per heavy atom. The maximum Gasteiger partial charge on any atom is 0.262 e. The molecule has 1 aliphatic heterocycles. The lowest BCUT2D eigenvalue weighted by Crippen LogP contribution is -2.31. The lowest BCUT2D eigenvalue weighted by atomic mass is 10.1. The predicted molar refractivity (Wildman–Crippen MR) is 102 cm³/mol. The van der Waals surface area contributed by atoms with Crippen LogP contribution in [0.4, 0.5) is 5.69 Å². The fourth-order valence-electron chi connectivity index (χ4n) is 2.65. The van der Waals surface area contributed by atoms with Gasteiger partial charge in [0.1, 0.15) is 16.7 Å². The minimum absolute atomic E-state index is 0.204. The van der Waals surface area contributed by atoms with Crippen molar-refractivity contribution in [3.05, 3.63) is 75.8 Å². The van der Waals surface area contributed by atoms with Crippen LogP contribution in [0.3, 0.4) is 0 Å². The molecule has 1 saturated heterocycles. The van der Waals surface area contributed by atoms with Crippen LogP contribution in [0.5, 0.6) is 0 Å². The number of rotatable bonds is 4. The Morgan fingerprint density at radius 3 is 2.42 bits per heavy atom. The van der Waals surface area contributed by atoms with E-state index >= 15 is 0 Å². The molecule has 7 heteroatoms. The van der Waals surface area contributed by atoms with Crippen molar-refractivity contribution >= 4 is 40.9 Å². The Labute approximate surface area is 160 Å². The number of primary amides is 1. The van der Waals surface area contributed by atoms with Gasteiger partial charge in [0, 0.05) is 10.7 Å². The van der Waals surface area contributed by atoms with E-state index in [9.17, 15) is 14.9 Å². The smallest absolute Gasteiger partial charge is 0.262 e. The van der Waals surface area contributed by atoms with Gasteiger partial charge in [0.05, 0.1) is 5.25 Å². The summed E-state index contributed by atoms with van der Waals surface area (Å²) in [5.74, 6) is -1.06. The van der Waals surface area contributed by atoms with Gasteiger partial charge in [0.2, 0.25) is 5.91 Å². The van der Waals surface area contributed by atoms with E-state index < -0.39 is 11.2 Å². The van der Waals surface area contributed by atoms with Crippen LogP contribution in [0.25, 0.3) is 0 Å². The lowest BCUT2D eigenvalue weighted by Gasteiger charge is -2.18. The highest BCUT2D eigenvalue weighted by molar-refractivity contribution is 8.05. The van der Waals surface area contributed by atoms with E-state index in [2.05, 4.69) is 0 Å². The van der Waals surface area contributed by atoms with Gasteiger partial charge in [-0.3, -0.25) is 14.5 Å².